The van der Waals surface area contributed by atoms with Gasteiger partial charge in [-0.3, -0.25) is 4.79 Å². The van der Waals surface area contributed by atoms with Crippen LogP contribution in [0.25, 0.3) is 22.0 Å². The van der Waals surface area contributed by atoms with Crippen LogP contribution in [0.1, 0.15) is 10.4 Å². The highest BCUT2D eigenvalue weighted by Crippen LogP contribution is 2.33. The topological polar surface area (TPSA) is 61.3 Å². The summed E-state index contributed by atoms with van der Waals surface area (Å²) in [5.41, 5.74) is 2.36. The number of benzene rings is 3. The van der Waals surface area contributed by atoms with E-state index in [1.165, 1.54) is 11.8 Å². The molecule has 0 atom stereocenters. The van der Waals surface area contributed by atoms with E-state index in [0.717, 1.165) is 27.1 Å². The molecule has 0 radical (unpaired) electrons. The van der Waals surface area contributed by atoms with Crippen molar-refractivity contribution in [3.05, 3.63) is 78.4 Å². The van der Waals surface area contributed by atoms with Gasteiger partial charge in [0.25, 0.3) is 0 Å². The molecule has 0 saturated carbocycles. The van der Waals surface area contributed by atoms with Crippen LogP contribution >= 0.6 is 11.8 Å². The maximum atomic E-state index is 12.8. The molecule has 30 heavy (non-hydrogen) atoms. The van der Waals surface area contributed by atoms with Crippen LogP contribution in [0, 0.1) is 0 Å². The van der Waals surface area contributed by atoms with Gasteiger partial charge >= 0.3 is 0 Å². The Morgan fingerprint density at radius 3 is 2.33 bits per heavy atom. The molecule has 0 amide bonds. The molecule has 0 spiro atoms. The lowest BCUT2D eigenvalue weighted by Gasteiger charge is -2.11. The fraction of sp³-hybridized carbons (Fsp3) is 0.125. The van der Waals surface area contributed by atoms with Gasteiger partial charge in [0.05, 0.1) is 25.5 Å². The Hall–Kier alpha value is -3.38. The maximum absolute atomic E-state index is 12.8. The summed E-state index contributed by atoms with van der Waals surface area (Å²) in [7, 11) is 3.12. The lowest BCUT2D eigenvalue weighted by Crippen LogP contribution is -2.06. The fourth-order valence-electron chi connectivity index (χ4n) is 3.24. The number of carbonyl (C=O) groups excluding carboxylic acids is 1. The number of ether oxygens (including phenoxy) is 2. The minimum atomic E-state index is -0.0440. The maximum Gasteiger partial charge on any atom is 0.176 e. The first-order valence-electron chi connectivity index (χ1n) is 9.40. The molecular formula is C24H20N2O3S. The van der Waals surface area contributed by atoms with Gasteiger partial charge in [0.2, 0.25) is 0 Å². The van der Waals surface area contributed by atoms with Crippen molar-refractivity contribution in [1.82, 2.24) is 10.2 Å². The van der Waals surface area contributed by atoms with Gasteiger partial charge in [-0.2, -0.15) is 0 Å². The second-order valence-corrected chi connectivity index (χ2v) is 7.51. The first-order valence-corrected chi connectivity index (χ1v) is 10.4. The molecular weight excluding hydrogens is 396 g/mol. The molecule has 4 aromatic rings. The third kappa shape index (κ3) is 4.00. The number of methoxy groups -OCH3 is 2. The van der Waals surface area contributed by atoms with Crippen LogP contribution in [-0.4, -0.2) is 36.0 Å². The second kappa shape index (κ2) is 8.97. The molecule has 0 aliphatic rings. The number of aromatic nitrogens is 2. The van der Waals surface area contributed by atoms with E-state index in [9.17, 15) is 4.79 Å². The van der Waals surface area contributed by atoms with Crippen LogP contribution in [0.4, 0.5) is 0 Å². The average molecular weight is 417 g/mol. The monoisotopic (exact) mass is 416 g/mol. The summed E-state index contributed by atoms with van der Waals surface area (Å²) >= 11 is 1.38. The van der Waals surface area contributed by atoms with Gasteiger partial charge in [0, 0.05) is 22.4 Å². The van der Waals surface area contributed by atoms with Gasteiger partial charge < -0.3 is 9.47 Å². The van der Waals surface area contributed by atoms with Gasteiger partial charge in [0.1, 0.15) is 22.2 Å². The molecule has 0 aliphatic heterocycles. The quantitative estimate of drug-likeness (QED) is 0.301. The Labute approximate surface area is 179 Å². The smallest absolute Gasteiger partial charge is 0.176 e. The van der Waals surface area contributed by atoms with Crippen LogP contribution in [0.3, 0.4) is 0 Å². The van der Waals surface area contributed by atoms with Crippen molar-refractivity contribution in [2.24, 2.45) is 0 Å². The zero-order valence-electron chi connectivity index (χ0n) is 16.7. The van der Waals surface area contributed by atoms with Crippen LogP contribution in [-0.2, 0) is 0 Å². The summed E-state index contributed by atoms with van der Waals surface area (Å²) in [5.74, 6) is 1.32. The number of Topliss-reactive ketones (excluding diaryl/α,β-unsaturated/α-hetero) is 1. The normalized spacial score (nSPS) is 10.7. The van der Waals surface area contributed by atoms with Crippen molar-refractivity contribution in [1.29, 1.82) is 0 Å². The van der Waals surface area contributed by atoms with Gasteiger partial charge in [-0.15, -0.1) is 10.2 Å². The van der Waals surface area contributed by atoms with Crippen molar-refractivity contribution in [3.63, 3.8) is 0 Å². The fourth-order valence-corrected chi connectivity index (χ4v) is 4.09. The number of rotatable bonds is 7. The summed E-state index contributed by atoms with van der Waals surface area (Å²) in [6.45, 7) is 0. The molecule has 150 valence electrons. The molecule has 0 bridgehead atoms. The van der Waals surface area contributed by atoms with E-state index in [1.54, 1.807) is 32.4 Å². The Kier molecular flexibility index (Phi) is 5.95. The van der Waals surface area contributed by atoms with Crippen LogP contribution in [0.15, 0.2) is 77.8 Å². The van der Waals surface area contributed by atoms with Crippen LogP contribution < -0.4 is 9.47 Å². The molecule has 5 nitrogen and oxygen atoms in total. The van der Waals surface area contributed by atoms with Gasteiger partial charge in [-0.05, 0) is 12.1 Å². The van der Waals surface area contributed by atoms with Crippen LogP contribution in [0.2, 0.25) is 0 Å². The van der Waals surface area contributed by atoms with Crippen molar-refractivity contribution in [2.75, 3.05) is 20.0 Å². The Bertz CT molecular complexity index is 1200. The second-order valence-electron chi connectivity index (χ2n) is 6.54. The van der Waals surface area contributed by atoms with E-state index in [1.807, 2.05) is 54.6 Å². The minimum Gasteiger partial charge on any atom is -0.497 e. The third-order valence-electron chi connectivity index (χ3n) is 4.75. The number of thioether (sulfide) groups is 1. The number of nitrogens with zero attached hydrogens (tertiary/aromatic N) is 2. The number of hydrogen-bond acceptors (Lipinski definition) is 6. The van der Waals surface area contributed by atoms with E-state index >= 15 is 0 Å². The number of fused-ring (bicyclic) bond motifs is 1. The van der Waals surface area contributed by atoms with Crippen molar-refractivity contribution < 1.29 is 14.3 Å². The van der Waals surface area contributed by atoms with Gasteiger partial charge in [0.15, 0.2) is 5.78 Å². The molecule has 3 aromatic carbocycles. The summed E-state index contributed by atoms with van der Waals surface area (Å²) in [6.07, 6.45) is 0. The highest BCUT2D eigenvalue weighted by molar-refractivity contribution is 8.00. The van der Waals surface area contributed by atoms with Crippen molar-refractivity contribution in [3.8, 4) is 22.8 Å². The average Bonchev–Trinajstić information content (AvgIpc) is 2.82. The summed E-state index contributed by atoms with van der Waals surface area (Å²) in [6, 6.07) is 23.2. The Morgan fingerprint density at radius 1 is 0.867 bits per heavy atom. The van der Waals surface area contributed by atoms with E-state index < -0.39 is 0 Å². The lowest BCUT2D eigenvalue weighted by molar-refractivity contribution is 0.101. The predicted molar refractivity (Wildman–Crippen MR) is 120 cm³/mol. The molecule has 1 heterocycles. The predicted octanol–water partition coefficient (Wildman–Crippen LogP) is 5.29. The highest BCUT2D eigenvalue weighted by atomic mass is 32.2. The molecule has 4 rings (SSSR count). The zero-order chi connectivity index (χ0) is 20.9. The molecule has 0 N–H and O–H groups in total. The van der Waals surface area contributed by atoms with Crippen LogP contribution in [0.5, 0.6) is 11.5 Å². The summed E-state index contributed by atoms with van der Waals surface area (Å²) in [5, 5.41) is 11.6. The third-order valence-corrected chi connectivity index (χ3v) is 5.73. The largest absolute Gasteiger partial charge is 0.497 e. The van der Waals surface area contributed by atoms with Gasteiger partial charge in [-0.1, -0.05) is 66.4 Å². The summed E-state index contributed by atoms with van der Waals surface area (Å²) in [4.78, 5) is 12.8. The van der Waals surface area contributed by atoms with E-state index in [0.29, 0.717) is 17.1 Å². The van der Waals surface area contributed by atoms with E-state index in [-0.39, 0.29) is 11.5 Å². The Balaban J connectivity index is 1.62. The standard InChI is InChI=1S/C24H20N2O3S/c1-28-17-12-13-20(22(14-17)29-2)21(27)15-30-24-19-11-7-6-10-18(19)23(25-26-24)16-8-4-3-5-9-16/h3-14H,15H2,1-2H3. The van der Waals surface area contributed by atoms with E-state index in [2.05, 4.69) is 10.2 Å². The zero-order valence-corrected chi connectivity index (χ0v) is 17.5. The minimum absolute atomic E-state index is 0.0440. The number of carbonyl (C=O) groups is 1. The molecule has 0 saturated heterocycles. The molecule has 0 aliphatic carbocycles. The summed E-state index contributed by atoms with van der Waals surface area (Å²) < 4.78 is 10.6. The molecule has 1 aromatic heterocycles. The van der Waals surface area contributed by atoms with Crippen molar-refractivity contribution >= 4 is 28.3 Å². The SMILES string of the molecule is COc1ccc(C(=O)CSc2nnc(-c3ccccc3)c3ccccc23)c(OC)c1. The highest BCUT2D eigenvalue weighted by Gasteiger charge is 2.16. The Morgan fingerprint density at radius 2 is 1.60 bits per heavy atom. The first kappa shape index (κ1) is 19.9. The van der Waals surface area contributed by atoms with Crippen molar-refractivity contribution in [2.45, 2.75) is 5.03 Å². The van der Waals surface area contributed by atoms with E-state index in [4.69, 9.17) is 9.47 Å². The number of hydrogen-bond donors (Lipinski definition) is 0. The molecule has 0 unspecified atom stereocenters. The van der Waals surface area contributed by atoms with Gasteiger partial charge in [-0.25, -0.2) is 0 Å². The first-order chi connectivity index (χ1) is 14.7. The molecule has 0 fully saturated rings. The molecule has 6 heteroatoms. The number of ketones is 1. The lowest BCUT2D eigenvalue weighted by atomic mass is 10.1.